The van der Waals surface area contributed by atoms with Crippen LogP contribution in [0, 0.1) is 11.3 Å². The molecule has 0 aliphatic carbocycles. The molecule has 1 aliphatic rings. The van der Waals surface area contributed by atoms with Crippen molar-refractivity contribution >= 4 is 28.5 Å². The molecule has 1 aromatic carbocycles. The number of pyridine rings is 1. The number of methoxy groups -OCH3 is 2. The number of halogens is 1. The molecule has 8 nitrogen and oxygen atoms in total. The zero-order valence-corrected chi connectivity index (χ0v) is 17.4. The Bertz CT molecular complexity index is 1100. The van der Waals surface area contributed by atoms with E-state index in [1.165, 1.54) is 7.11 Å². The normalized spacial score (nSPS) is 16.3. The Hall–Kier alpha value is -3.28. The monoisotopic (exact) mass is 429 g/mol. The molecule has 0 bridgehead atoms. The topological polar surface area (TPSA) is 117 Å². The Morgan fingerprint density at radius 2 is 2.10 bits per heavy atom. The first kappa shape index (κ1) is 21.4. The fourth-order valence-electron chi connectivity index (χ4n) is 3.22. The summed E-state index contributed by atoms with van der Waals surface area (Å²) < 4.78 is 20.9. The third-order valence-corrected chi connectivity index (χ3v) is 4.97. The second-order valence-corrected chi connectivity index (χ2v) is 6.81. The number of esters is 1. The van der Waals surface area contributed by atoms with Crippen LogP contribution in [-0.4, -0.2) is 38.4 Å². The van der Waals surface area contributed by atoms with E-state index < -0.39 is 11.9 Å². The van der Waals surface area contributed by atoms with E-state index in [-0.39, 0.29) is 41.2 Å². The zero-order chi connectivity index (χ0) is 21.8. The molecule has 1 atom stereocenters. The van der Waals surface area contributed by atoms with E-state index in [1.54, 1.807) is 32.2 Å². The van der Waals surface area contributed by atoms with Gasteiger partial charge in [0.25, 0.3) is 0 Å². The third kappa shape index (κ3) is 4.03. The molecule has 2 aromatic rings. The maximum atomic E-state index is 12.8. The Morgan fingerprint density at radius 3 is 2.77 bits per heavy atom. The quantitative estimate of drug-likeness (QED) is 0.422. The molecule has 0 spiro atoms. The molecule has 1 aromatic heterocycles. The third-order valence-electron chi connectivity index (χ3n) is 4.66. The van der Waals surface area contributed by atoms with Crippen LogP contribution in [-0.2, 0) is 19.0 Å². The van der Waals surface area contributed by atoms with Crippen LogP contribution in [0.15, 0.2) is 47.1 Å². The molecule has 156 valence electrons. The molecule has 1 aliphatic heterocycles. The number of nitriles is 1. The molecule has 9 heteroatoms. The maximum absolute atomic E-state index is 12.8. The lowest BCUT2D eigenvalue weighted by Crippen LogP contribution is -2.26. The average Bonchev–Trinajstić information content (AvgIpc) is 2.72. The molecule has 2 heterocycles. The number of fused-ring (bicyclic) bond motifs is 1. The molecule has 0 saturated carbocycles. The summed E-state index contributed by atoms with van der Waals surface area (Å²) >= 11 is 6.49. The lowest BCUT2D eigenvalue weighted by atomic mass is 9.83. The van der Waals surface area contributed by atoms with Crippen molar-refractivity contribution in [1.29, 1.82) is 5.26 Å². The minimum Gasteiger partial charge on any atom is -0.497 e. The molecule has 3 rings (SSSR count). The number of aromatic nitrogens is 1. The van der Waals surface area contributed by atoms with Crippen molar-refractivity contribution in [2.45, 2.75) is 12.8 Å². The summed E-state index contributed by atoms with van der Waals surface area (Å²) in [5.41, 5.74) is 7.17. The van der Waals surface area contributed by atoms with Crippen LogP contribution >= 0.6 is 11.6 Å². The molecular weight excluding hydrogens is 410 g/mol. The Kier molecular flexibility index (Phi) is 6.45. The number of hydrogen-bond acceptors (Lipinski definition) is 8. The summed E-state index contributed by atoms with van der Waals surface area (Å²) in [5, 5.41) is 10.6. The molecule has 2 N–H and O–H groups in total. The summed E-state index contributed by atoms with van der Waals surface area (Å²) in [6.07, 6.45) is 0. The molecular formula is C21H20ClN3O5. The highest BCUT2D eigenvalue weighted by atomic mass is 35.5. The van der Waals surface area contributed by atoms with Gasteiger partial charge >= 0.3 is 5.97 Å². The summed E-state index contributed by atoms with van der Waals surface area (Å²) in [5.74, 6) is -0.778. The van der Waals surface area contributed by atoms with Crippen LogP contribution in [0.5, 0.6) is 5.75 Å². The van der Waals surface area contributed by atoms with Gasteiger partial charge in [0.05, 0.1) is 30.7 Å². The second kappa shape index (κ2) is 9.03. The number of rotatable bonds is 6. The van der Waals surface area contributed by atoms with E-state index in [1.807, 2.05) is 12.1 Å². The van der Waals surface area contributed by atoms with Crippen molar-refractivity contribution in [3.05, 3.63) is 57.8 Å². The minimum absolute atomic E-state index is 0.0451. The molecule has 0 radical (unpaired) electrons. The van der Waals surface area contributed by atoms with Crippen molar-refractivity contribution in [2.24, 2.45) is 5.73 Å². The van der Waals surface area contributed by atoms with Crippen LogP contribution in [0.25, 0.3) is 10.9 Å². The van der Waals surface area contributed by atoms with Crippen molar-refractivity contribution in [3.63, 3.8) is 0 Å². The van der Waals surface area contributed by atoms with Crippen molar-refractivity contribution < 1.29 is 23.7 Å². The zero-order valence-electron chi connectivity index (χ0n) is 16.7. The predicted molar refractivity (Wildman–Crippen MR) is 109 cm³/mol. The highest BCUT2D eigenvalue weighted by molar-refractivity contribution is 6.30. The van der Waals surface area contributed by atoms with Gasteiger partial charge in [-0.15, -0.1) is 0 Å². The number of carbonyl (C=O) groups is 1. The van der Waals surface area contributed by atoms with Gasteiger partial charge in [-0.1, -0.05) is 11.6 Å². The highest BCUT2D eigenvalue weighted by Gasteiger charge is 2.38. The number of nitrogens with zero attached hydrogens (tertiary/aromatic N) is 2. The van der Waals surface area contributed by atoms with Gasteiger partial charge in [0.1, 0.15) is 34.9 Å². The van der Waals surface area contributed by atoms with Gasteiger partial charge in [-0.25, -0.2) is 9.78 Å². The van der Waals surface area contributed by atoms with Gasteiger partial charge in [-0.2, -0.15) is 5.26 Å². The SMILES string of the molecule is COCCOC(=O)C1=C(C)OC(N)=C(C#N)[C@@H]1c1cc2ccc(OC)cc2nc1Cl. The van der Waals surface area contributed by atoms with Crippen molar-refractivity contribution in [3.8, 4) is 11.8 Å². The number of carbonyl (C=O) groups excluding carboxylic acids is 1. The maximum Gasteiger partial charge on any atom is 0.338 e. The fourth-order valence-corrected chi connectivity index (χ4v) is 3.48. The number of allylic oxidation sites excluding steroid dienone is 2. The minimum atomic E-state index is -0.884. The summed E-state index contributed by atoms with van der Waals surface area (Å²) in [6.45, 7) is 1.85. The van der Waals surface area contributed by atoms with E-state index in [0.717, 1.165) is 5.39 Å². The van der Waals surface area contributed by atoms with E-state index in [0.29, 0.717) is 16.8 Å². The predicted octanol–water partition coefficient (Wildman–Crippen LogP) is 3.17. The smallest absolute Gasteiger partial charge is 0.338 e. The molecule has 0 amide bonds. The van der Waals surface area contributed by atoms with Crippen LogP contribution in [0.1, 0.15) is 18.4 Å². The van der Waals surface area contributed by atoms with E-state index in [9.17, 15) is 10.1 Å². The Balaban J connectivity index is 2.15. The van der Waals surface area contributed by atoms with Crippen LogP contribution in [0.3, 0.4) is 0 Å². The molecule has 0 saturated heterocycles. The molecule has 30 heavy (non-hydrogen) atoms. The van der Waals surface area contributed by atoms with Gasteiger partial charge in [-0.05, 0) is 25.1 Å². The second-order valence-electron chi connectivity index (χ2n) is 6.45. The summed E-state index contributed by atoms with van der Waals surface area (Å²) in [4.78, 5) is 17.2. The first-order valence-electron chi connectivity index (χ1n) is 8.99. The first-order valence-corrected chi connectivity index (χ1v) is 9.37. The lowest BCUT2D eigenvalue weighted by molar-refractivity contribution is -0.140. The lowest BCUT2D eigenvalue weighted by Gasteiger charge is -2.27. The number of nitrogens with two attached hydrogens (primary N) is 1. The largest absolute Gasteiger partial charge is 0.497 e. The number of ether oxygens (including phenoxy) is 4. The van der Waals surface area contributed by atoms with Crippen molar-refractivity contribution in [2.75, 3.05) is 27.4 Å². The molecule has 0 fully saturated rings. The highest BCUT2D eigenvalue weighted by Crippen LogP contribution is 2.42. The van der Waals surface area contributed by atoms with Crippen LogP contribution in [0.4, 0.5) is 0 Å². The van der Waals surface area contributed by atoms with Gasteiger partial charge < -0.3 is 24.7 Å². The molecule has 0 unspecified atom stereocenters. The van der Waals surface area contributed by atoms with Gasteiger partial charge in [-0.3, -0.25) is 0 Å². The Labute approximate surface area is 178 Å². The van der Waals surface area contributed by atoms with Gasteiger partial charge in [0.15, 0.2) is 0 Å². The van der Waals surface area contributed by atoms with Crippen LogP contribution < -0.4 is 10.5 Å². The number of hydrogen-bond donors (Lipinski definition) is 1. The summed E-state index contributed by atoms with van der Waals surface area (Å²) in [6, 6.07) is 9.12. The van der Waals surface area contributed by atoms with Crippen LogP contribution in [0.2, 0.25) is 5.15 Å². The first-order chi connectivity index (χ1) is 14.4. The van der Waals surface area contributed by atoms with Gasteiger partial charge in [0, 0.05) is 24.1 Å². The van der Waals surface area contributed by atoms with Gasteiger partial charge in [0.2, 0.25) is 5.88 Å². The van der Waals surface area contributed by atoms with Crippen molar-refractivity contribution in [1.82, 2.24) is 4.98 Å². The number of benzene rings is 1. The van der Waals surface area contributed by atoms with E-state index in [4.69, 9.17) is 36.3 Å². The van der Waals surface area contributed by atoms with E-state index >= 15 is 0 Å². The standard InChI is InChI=1S/C21H20ClN3O5/c1-11-17(21(26)29-7-6-27-2)18(15(10-23)20(24)30-11)14-8-12-4-5-13(28-3)9-16(12)25-19(14)22/h4-5,8-9,18H,6-7,24H2,1-3H3/t18-/m0/s1. The fraction of sp³-hybridized carbons (Fsp3) is 0.286. The average molecular weight is 430 g/mol. The Morgan fingerprint density at radius 1 is 1.33 bits per heavy atom. The summed E-state index contributed by atoms with van der Waals surface area (Å²) in [7, 11) is 3.05. The van der Waals surface area contributed by atoms with E-state index in [2.05, 4.69) is 4.98 Å².